The first-order valence-corrected chi connectivity index (χ1v) is 7.52. The van der Waals surface area contributed by atoms with Crippen LogP contribution in [0.25, 0.3) is 0 Å². The van der Waals surface area contributed by atoms with Crippen LogP contribution in [0.15, 0.2) is 12.1 Å². The number of hydrogen-bond donors (Lipinski definition) is 0. The quantitative estimate of drug-likeness (QED) is 0.423. The van der Waals surface area contributed by atoms with Crippen LogP contribution in [0.2, 0.25) is 0 Å². The van der Waals surface area contributed by atoms with Gasteiger partial charge >= 0.3 is 5.69 Å². The number of nitrogens with zero attached hydrogens (tertiary/aromatic N) is 1. The maximum atomic E-state index is 11.0. The van der Waals surface area contributed by atoms with Crippen molar-refractivity contribution in [1.82, 2.24) is 0 Å². The summed E-state index contributed by atoms with van der Waals surface area (Å²) in [5.74, 6) is 0.950. The number of alkyl halides is 1. The van der Waals surface area contributed by atoms with Crippen LogP contribution in [0, 0.1) is 29.9 Å². The second-order valence-electron chi connectivity index (χ2n) is 4.91. The number of nitro benzene ring substituents is 1. The summed E-state index contributed by atoms with van der Waals surface area (Å²) >= 11 is 3.41. The number of nitro groups is 1. The van der Waals surface area contributed by atoms with Gasteiger partial charge in [0.2, 0.25) is 0 Å². The van der Waals surface area contributed by atoms with Crippen LogP contribution < -0.4 is 4.74 Å². The van der Waals surface area contributed by atoms with Gasteiger partial charge in [-0.2, -0.15) is 0 Å². The first-order valence-electron chi connectivity index (χ1n) is 6.40. The Balaban J connectivity index is 2.75. The Morgan fingerprint density at radius 3 is 2.63 bits per heavy atom. The van der Waals surface area contributed by atoms with Crippen LogP contribution in [0.5, 0.6) is 5.75 Å². The van der Waals surface area contributed by atoms with Crippen molar-refractivity contribution >= 4 is 21.6 Å². The predicted octanol–water partition coefficient (Wildman–Crippen LogP) is 4.40. The average molecular weight is 330 g/mol. The summed E-state index contributed by atoms with van der Waals surface area (Å²) in [6.07, 6.45) is 1.98. The highest BCUT2D eigenvalue weighted by Crippen LogP contribution is 2.32. The summed E-state index contributed by atoms with van der Waals surface area (Å²) in [4.78, 5) is 10.7. The number of aryl methyl sites for hydroxylation is 2. The number of halogens is 1. The Morgan fingerprint density at radius 1 is 1.37 bits per heavy atom. The van der Waals surface area contributed by atoms with Crippen molar-refractivity contribution in [3.63, 3.8) is 0 Å². The third-order valence-electron chi connectivity index (χ3n) is 3.06. The van der Waals surface area contributed by atoms with Crippen LogP contribution in [0.4, 0.5) is 5.69 Å². The van der Waals surface area contributed by atoms with Crippen molar-refractivity contribution in [3.05, 3.63) is 33.4 Å². The molecule has 0 aromatic heterocycles. The smallest absolute Gasteiger partial charge is 0.311 e. The molecule has 19 heavy (non-hydrogen) atoms. The highest BCUT2D eigenvalue weighted by Gasteiger charge is 2.18. The van der Waals surface area contributed by atoms with E-state index in [-0.39, 0.29) is 10.6 Å². The van der Waals surface area contributed by atoms with Gasteiger partial charge in [-0.05, 0) is 43.7 Å². The summed E-state index contributed by atoms with van der Waals surface area (Å²) in [7, 11) is 0. The lowest BCUT2D eigenvalue weighted by Crippen LogP contribution is -2.07. The van der Waals surface area contributed by atoms with Crippen LogP contribution in [-0.4, -0.2) is 16.9 Å². The summed E-state index contributed by atoms with van der Waals surface area (Å²) in [5.41, 5.74) is 1.76. The number of rotatable bonds is 7. The molecule has 1 rings (SSSR count). The van der Waals surface area contributed by atoms with Gasteiger partial charge in [0.25, 0.3) is 0 Å². The Bertz CT molecular complexity index is 449. The molecule has 1 aromatic rings. The summed E-state index contributed by atoms with van der Waals surface area (Å²) < 4.78 is 5.64. The highest BCUT2D eigenvalue weighted by molar-refractivity contribution is 9.09. The second kappa shape index (κ2) is 7.48. The van der Waals surface area contributed by atoms with Gasteiger partial charge in [-0.3, -0.25) is 10.1 Å². The maximum absolute atomic E-state index is 11.0. The Hall–Kier alpha value is -1.10. The maximum Gasteiger partial charge on any atom is 0.311 e. The van der Waals surface area contributed by atoms with E-state index in [0.29, 0.717) is 18.3 Å². The van der Waals surface area contributed by atoms with Crippen molar-refractivity contribution in [3.8, 4) is 5.75 Å². The van der Waals surface area contributed by atoms with Crippen molar-refractivity contribution in [2.24, 2.45) is 5.92 Å². The van der Waals surface area contributed by atoms with E-state index in [2.05, 4.69) is 22.9 Å². The number of ether oxygens (including phenoxy) is 1. The molecule has 5 heteroatoms. The molecule has 0 aliphatic heterocycles. The van der Waals surface area contributed by atoms with E-state index in [9.17, 15) is 10.1 Å². The molecule has 0 saturated carbocycles. The zero-order valence-electron chi connectivity index (χ0n) is 11.6. The van der Waals surface area contributed by atoms with Gasteiger partial charge in [0.15, 0.2) is 5.75 Å². The first kappa shape index (κ1) is 16.0. The van der Waals surface area contributed by atoms with E-state index in [1.165, 1.54) is 0 Å². The third-order valence-corrected chi connectivity index (χ3v) is 3.51. The van der Waals surface area contributed by atoms with E-state index in [1.807, 2.05) is 19.9 Å². The molecule has 1 aromatic carbocycles. The molecular formula is C14H20BrNO3. The minimum absolute atomic E-state index is 0.0608. The lowest BCUT2D eigenvalue weighted by atomic mass is 10.1. The summed E-state index contributed by atoms with van der Waals surface area (Å²) in [5, 5.41) is 12.0. The Labute approximate surface area is 122 Å². The lowest BCUT2D eigenvalue weighted by molar-refractivity contribution is -0.386. The fourth-order valence-electron chi connectivity index (χ4n) is 1.95. The van der Waals surface area contributed by atoms with E-state index in [4.69, 9.17) is 4.74 Å². The zero-order valence-corrected chi connectivity index (χ0v) is 13.2. The molecule has 0 heterocycles. The first-order chi connectivity index (χ1) is 8.95. The fourth-order valence-corrected chi connectivity index (χ4v) is 2.73. The summed E-state index contributed by atoms with van der Waals surface area (Å²) in [6.45, 7) is 6.36. The number of hydrogen-bond acceptors (Lipinski definition) is 3. The molecule has 1 atom stereocenters. The van der Waals surface area contributed by atoms with Gasteiger partial charge in [-0.15, -0.1) is 0 Å². The molecule has 0 radical (unpaired) electrons. The molecule has 0 aliphatic carbocycles. The van der Waals surface area contributed by atoms with Crippen molar-refractivity contribution < 1.29 is 9.66 Å². The van der Waals surface area contributed by atoms with Gasteiger partial charge in [0.05, 0.1) is 11.5 Å². The Kier molecular flexibility index (Phi) is 6.28. The largest absolute Gasteiger partial charge is 0.487 e. The minimum Gasteiger partial charge on any atom is -0.487 e. The molecule has 0 fully saturated rings. The number of benzene rings is 1. The molecule has 0 amide bonds. The molecule has 0 spiro atoms. The van der Waals surface area contributed by atoms with Crippen molar-refractivity contribution in [2.75, 3.05) is 11.9 Å². The minimum atomic E-state index is -0.378. The standard InChI is InChI=1S/C14H20BrNO3/c1-10(4-6-15)5-7-19-14-12(3)8-11(2)9-13(14)16(17)18/h8-10H,4-7H2,1-3H3. The predicted molar refractivity (Wildman–Crippen MR) is 80.3 cm³/mol. The van der Waals surface area contributed by atoms with E-state index < -0.39 is 0 Å². The zero-order chi connectivity index (χ0) is 14.4. The fraction of sp³-hybridized carbons (Fsp3) is 0.571. The molecule has 4 nitrogen and oxygen atoms in total. The van der Waals surface area contributed by atoms with E-state index in [0.717, 1.165) is 29.3 Å². The molecule has 0 bridgehead atoms. The normalized spacial score (nSPS) is 12.2. The van der Waals surface area contributed by atoms with Crippen LogP contribution >= 0.6 is 15.9 Å². The van der Waals surface area contributed by atoms with Gasteiger partial charge < -0.3 is 4.74 Å². The van der Waals surface area contributed by atoms with Gasteiger partial charge in [0, 0.05) is 11.4 Å². The Morgan fingerprint density at radius 2 is 2.05 bits per heavy atom. The van der Waals surface area contributed by atoms with Crippen molar-refractivity contribution in [2.45, 2.75) is 33.6 Å². The van der Waals surface area contributed by atoms with Gasteiger partial charge in [0.1, 0.15) is 0 Å². The van der Waals surface area contributed by atoms with Crippen molar-refractivity contribution in [1.29, 1.82) is 0 Å². The molecular weight excluding hydrogens is 310 g/mol. The monoisotopic (exact) mass is 329 g/mol. The SMILES string of the molecule is Cc1cc(C)c(OCCC(C)CCBr)c([N+](=O)[O-])c1. The summed E-state index contributed by atoms with van der Waals surface area (Å²) in [6, 6.07) is 3.47. The highest BCUT2D eigenvalue weighted by atomic mass is 79.9. The third kappa shape index (κ3) is 4.82. The van der Waals surface area contributed by atoms with Crippen LogP contribution in [-0.2, 0) is 0 Å². The van der Waals surface area contributed by atoms with Crippen LogP contribution in [0.1, 0.15) is 30.9 Å². The molecule has 106 valence electrons. The average Bonchev–Trinajstić information content (AvgIpc) is 2.31. The van der Waals surface area contributed by atoms with Gasteiger partial charge in [-0.25, -0.2) is 0 Å². The molecule has 0 aliphatic rings. The molecule has 1 unspecified atom stereocenters. The van der Waals surface area contributed by atoms with Gasteiger partial charge in [-0.1, -0.05) is 28.9 Å². The van der Waals surface area contributed by atoms with E-state index >= 15 is 0 Å². The van der Waals surface area contributed by atoms with E-state index in [1.54, 1.807) is 6.07 Å². The topological polar surface area (TPSA) is 52.4 Å². The second-order valence-corrected chi connectivity index (χ2v) is 5.70. The molecule has 0 N–H and O–H groups in total. The molecule has 0 saturated heterocycles. The van der Waals surface area contributed by atoms with Crippen LogP contribution in [0.3, 0.4) is 0 Å². The lowest BCUT2D eigenvalue weighted by Gasteiger charge is -2.13.